The fourth-order valence-corrected chi connectivity index (χ4v) is 3.97. The van der Waals surface area contributed by atoms with Gasteiger partial charge in [-0.15, -0.1) is 11.3 Å². The van der Waals surface area contributed by atoms with Gasteiger partial charge in [0.05, 0.1) is 35.7 Å². The number of ether oxygens (including phenoxy) is 1. The van der Waals surface area contributed by atoms with Crippen LogP contribution in [0.4, 0.5) is 0 Å². The minimum absolute atomic E-state index is 0.0856. The molecule has 0 spiro atoms. The van der Waals surface area contributed by atoms with E-state index < -0.39 is 11.5 Å². The lowest BCUT2D eigenvalue weighted by Crippen LogP contribution is -2.51. The summed E-state index contributed by atoms with van der Waals surface area (Å²) in [6, 6.07) is 7.40. The number of nitrogens with one attached hydrogen (secondary N) is 1. The largest absolute Gasteiger partial charge is 0.481 e. The number of carbonyl (C=O) groups excluding carboxylic acids is 1. The van der Waals surface area contributed by atoms with Crippen LogP contribution in [0.25, 0.3) is 10.6 Å². The molecule has 0 bridgehead atoms. The minimum Gasteiger partial charge on any atom is -0.481 e. The van der Waals surface area contributed by atoms with Gasteiger partial charge >= 0.3 is 5.97 Å². The van der Waals surface area contributed by atoms with E-state index in [9.17, 15) is 9.59 Å². The molecule has 2 aromatic rings. The van der Waals surface area contributed by atoms with E-state index in [1.54, 1.807) is 6.07 Å². The number of carboxylic acid groups (broad SMARTS) is 1. The molecule has 6 nitrogen and oxygen atoms in total. The summed E-state index contributed by atoms with van der Waals surface area (Å²) in [5.74, 6) is -1.22. The standard InChI is InChI=1S/C17H17ClN2O4S/c18-13-4-2-1-3-12(13)16-19-11(9-25-16)7-14(21)20-17(8-15(22)23)5-6-24-10-17/h1-4,9H,5-8,10H2,(H,20,21)(H,22,23). The SMILES string of the molecule is O=C(O)CC1(NC(=O)Cc2csc(-c3ccccc3Cl)n2)CCOC1. The number of carbonyl (C=O) groups is 2. The van der Waals surface area contributed by atoms with Crippen LogP contribution in [0.3, 0.4) is 0 Å². The Morgan fingerprint density at radius 2 is 2.20 bits per heavy atom. The third-order valence-corrected chi connectivity index (χ3v) is 5.25. The maximum Gasteiger partial charge on any atom is 0.305 e. The van der Waals surface area contributed by atoms with Gasteiger partial charge < -0.3 is 15.2 Å². The number of carboxylic acids is 1. The summed E-state index contributed by atoms with van der Waals surface area (Å²) in [6.45, 7) is 0.661. The molecule has 1 amide bonds. The predicted molar refractivity (Wildman–Crippen MR) is 94.8 cm³/mol. The molecule has 1 saturated heterocycles. The first-order valence-electron chi connectivity index (χ1n) is 7.77. The third-order valence-electron chi connectivity index (χ3n) is 4.00. The Morgan fingerprint density at radius 3 is 2.88 bits per heavy atom. The highest BCUT2D eigenvalue weighted by molar-refractivity contribution is 7.13. The first-order chi connectivity index (χ1) is 12.0. The molecule has 1 fully saturated rings. The van der Waals surface area contributed by atoms with Crippen LogP contribution in [0.5, 0.6) is 0 Å². The van der Waals surface area contributed by atoms with E-state index in [2.05, 4.69) is 10.3 Å². The van der Waals surface area contributed by atoms with E-state index in [4.69, 9.17) is 21.4 Å². The van der Waals surface area contributed by atoms with E-state index in [0.717, 1.165) is 10.6 Å². The Bertz CT molecular complexity index is 786. The Balaban J connectivity index is 1.67. The number of rotatable bonds is 6. The fraction of sp³-hybridized carbons (Fsp3) is 0.353. The van der Waals surface area contributed by atoms with Crippen molar-refractivity contribution in [3.63, 3.8) is 0 Å². The summed E-state index contributed by atoms with van der Waals surface area (Å²) >= 11 is 7.59. The molecule has 0 aliphatic carbocycles. The normalized spacial score (nSPS) is 19.7. The summed E-state index contributed by atoms with van der Waals surface area (Å²) in [7, 11) is 0. The monoisotopic (exact) mass is 380 g/mol. The Labute approximate surface area is 153 Å². The zero-order valence-electron chi connectivity index (χ0n) is 13.3. The van der Waals surface area contributed by atoms with Gasteiger partial charge in [-0.05, 0) is 12.5 Å². The second-order valence-electron chi connectivity index (χ2n) is 6.00. The maximum atomic E-state index is 12.3. The molecule has 1 aromatic carbocycles. The number of aromatic nitrogens is 1. The van der Waals surface area contributed by atoms with Crippen LogP contribution >= 0.6 is 22.9 Å². The van der Waals surface area contributed by atoms with Crippen LogP contribution in [0, 0.1) is 0 Å². The molecule has 132 valence electrons. The molecule has 0 radical (unpaired) electrons. The van der Waals surface area contributed by atoms with Crippen LogP contribution in [-0.4, -0.2) is 40.7 Å². The smallest absolute Gasteiger partial charge is 0.305 e. The van der Waals surface area contributed by atoms with Crippen molar-refractivity contribution in [3.8, 4) is 10.6 Å². The number of amides is 1. The molecule has 1 aromatic heterocycles. The van der Waals surface area contributed by atoms with Crippen LogP contribution in [0.15, 0.2) is 29.6 Å². The van der Waals surface area contributed by atoms with Gasteiger partial charge in [0, 0.05) is 17.6 Å². The topological polar surface area (TPSA) is 88.5 Å². The Hall–Kier alpha value is -1.96. The average Bonchev–Trinajstić information content (AvgIpc) is 3.17. The quantitative estimate of drug-likeness (QED) is 0.804. The number of halogens is 1. The van der Waals surface area contributed by atoms with Gasteiger partial charge in [-0.3, -0.25) is 9.59 Å². The molecule has 1 unspecified atom stereocenters. The van der Waals surface area contributed by atoms with E-state index >= 15 is 0 Å². The molecule has 8 heteroatoms. The molecule has 3 rings (SSSR count). The van der Waals surface area contributed by atoms with E-state index in [0.29, 0.717) is 23.7 Å². The lowest BCUT2D eigenvalue weighted by molar-refractivity contribution is -0.139. The van der Waals surface area contributed by atoms with Crippen molar-refractivity contribution in [3.05, 3.63) is 40.4 Å². The average molecular weight is 381 g/mol. The zero-order chi connectivity index (χ0) is 17.9. The molecule has 1 aliphatic heterocycles. The lowest BCUT2D eigenvalue weighted by atomic mass is 9.94. The molecule has 2 heterocycles. The van der Waals surface area contributed by atoms with Crippen molar-refractivity contribution in [2.24, 2.45) is 0 Å². The highest BCUT2D eigenvalue weighted by Gasteiger charge is 2.38. The van der Waals surface area contributed by atoms with Crippen LogP contribution in [-0.2, 0) is 20.7 Å². The second kappa shape index (κ2) is 7.51. The first kappa shape index (κ1) is 17.8. The molecule has 1 atom stereocenters. The van der Waals surface area contributed by atoms with Crippen LogP contribution in [0.1, 0.15) is 18.5 Å². The van der Waals surface area contributed by atoms with Crippen LogP contribution in [0.2, 0.25) is 5.02 Å². The molecular weight excluding hydrogens is 364 g/mol. The van der Waals surface area contributed by atoms with Crippen molar-refractivity contribution in [2.75, 3.05) is 13.2 Å². The second-order valence-corrected chi connectivity index (χ2v) is 7.27. The van der Waals surface area contributed by atoms with Crippen LogP contribution < -0.4 is 5.32 Å². The number of aliphatic carboxylic acids is 1. The summed E-state index contributed by atoms with van der Waals surface area (Å²) in [6.07, 6.45) is 0.427. The van der Waals surface area contributed by atoms with Gasteiger partial charge in [0.15, 0.2) is 0 Å². The number of nitrogens with zero attached hydrogens (tertiary/aromatic N) is 1. The van der Waals surface area contributed by atoms with Crippen molar-refractivity contribution >= 4 is 34.8 Å². The highest BCUT2D eigenvalue weighted by atomic mass is 35.5. The predicted octanol–water partition coefficient (Wildman–Crippen LogP) is 2.76. The summed E-state index contributed by atoms with van der Waals surface area (Å²) in [5.41, 5.74) is 0.624. The van der Waals surface area contributed by atoms with Gasteiger partial charge in [-0.25, -0.2) is 4.98 Å². The summed E-state index contributed by atoms with van der Waals surface area (Å²) in [4.78, 5) is 27.9. The molecule has 1 aliphatic rings. The van der Waals surface area contributed by atoms with Crippen molar-refractivity contribution in [1.29, 1.82) is 0 Å². The number of benzene rings is 1. The van der Waals surface area contributed by atoms with Gasteiger partial charge in [0.2, 0.25) is 5.91 Å². The fourth-order valence-electron chi connectivity index (χ4n) is 2.83. The number of hydrogen-bond acceptors (Lipinski definition) is 5. The lowest BCUT2D eigenvalue weighted by Gasteiger charge is -2.26. The zero-order valence-corrected chi connectivity index (χ0v) is 14.9. The number of thiazole rings is 1. The maximum absolute atomic E-state index is 12.3. The van der Waals surface area contributed by atoms with Gasteiger partial charge in [0.25, 0.3) is 0 Å². The van der Waals surface area contributed by atoms with Crippen molar-refractivity contribution in [2.45, 2.75) is 24.8 Å². The summed E-state index contributed by atoms with van der Waals surface area (Å²) in [5, 5.41) is 15.1. The molecule has 25 heavy (non-hydrogen) atoms. The first-order valence-corrected chi connectivity index (χ1v) is 9.03. The Kier molecular flexibility index (Phi) is 5.36. The van der Waals surface area contributed by atoms with E-state index in [1.165, 1.54) is 11.3 Å². The van der Waals surface area contributed by atoms with Crippen molar-refractivity contribution < 1.29 is 19.4 Å². The summed E-state index contributed by atoms with van der Waals surface area (Å²) < 4.78 is 5.28. The molecular formula is C17H17ClN2O4S. The molecule has 2 N–H and O–H groups in total. The van der Waals surface area contributed by atoms with Crippen molar-refractivity contribution in [1.82, 2.24) is 10.3 Å². The van der Waals surface area contributed by atoms with E-state index in [1.807, 2.05) is 23.6 Å². The van der Waals surface area contributed by atoms with Gasteiger partial charge in [-0.1, -0.05) is 29.8 Å². The van der Waals surface area contributed by atoms with Gasteiger partial charge in [-0.2, -0.15) is 0 Å². The molecule has 0 saturated carbocycles. The Morgan fingerprint density at radius 1 is 1.40 bits per heavy atom. The number of hydrogen-bond donors (Lipinski definition) is 2. The minimum atomic E-state index is -0.958. The highest BCUT2D eigenvalue weighted by Crippen LogP contribution is 2.30. The van der Waals surface area contributed by atoms with Gasteiger partial charge in [0.1, 0.15) is 5.01 Å². The van der Waals surface area contributed by atoms with E-state index in [-0.39, 0.29) is 25.4 Å². The third kappa shape index (κ3) is 4.36.